The number of aryl methyl sites for hydroxylation is 1. The Balaban J connectivity index is 1.77. The van der Waals surface area contributed by atoms with E-state index in [0.717, 1.165) is 39.8 Å². The van der Waals surface area contributed by atoms with Gasteiger partial charge in [0.1, 0.15) is 12.4 Å². The summed E-state index contributed by atoms with van der Waals surface area (Å²) in [6, 6.07) is 11.5. The molecule has 0 saturated carbocycles. The Morgan fingerprint density at radius 2 is 2.05 bits per heavy atom. The summed E-state index contributed by atoms with van der Waals surface area (Å²) in [6.45, 7) is 0.408. The third-order valence-electron chi connectivity index (χ3n) is 3.65. The molecule has 0 aromatic heterocycles. The van der Waals surface area contributed by atoms with Gasteiger partial charge in [0.15, 0.2) is 5.78 Å². The highest BCUT2D eigenvalue weighted by molar-refractivity contribution is 9.10. The molecule has 2 nitrogen and oxygen atoms in total. The van der Waals surface area contributed by atoms with Crippen LogP contribution in [0.25, 0.3) is 0 Å². The van der Waals surface area contributed by atoms with Crippen molar-refractivity contribution in [1.82, 2.24) is 0 Å². The molecule has 2 aromatic rings. The van der Waals surface area contributed by atoms with E-state index in [1.54, 1.807) is 0 Å². The van der Waals surface area contributed by atoms with Gasteiger partial charge in [0.05, 0.1) is 5.02 Å². The molecule has 0 saturated heterocycles. The number of ketones is 1. The number of fused-ring (bicyclic) bond motifs is 1. The number of rotatable bonds is 3. The summed E-state index contributed by atoms with van der Waals surface area (Å²) >= 11 is 9.63. The molecule has 0 aliphatic heterocycles. The Morgan fingerprint density at radius 1 is 1.19 bits per heavy atom. The first-order chi connectivity index (χ1) is 10.1. The third-order valence-corrected chi connectivity index (χ3v) is 4.99. The van der Waals surface area contributed by atoms with Gasteiger partial charge in [0, 0.05) is 22.0 Å². The van der Waals surface area contributed by atoms with Gasteiger partial charge in [0.2, 0.25) is 0 Å². The molecule has 0 fully saturated rings. The van der Waals surface area contributed by atoms with E-state index in [-0.39, 0.29) is 5.78 Å². The summed E-state index contributed by atoms with van der Waals surface area (Å²) in [4.78, 5) is 11.8. The van der Waals surface area contributed by atoms with Gasteiger partial charge in [-0.3, -0.25) is 4.79 Å². The number of hydrogen-bond donors (Lipinski definition) is 0. The molecule has 3 rings (SSSR count). The van der Waals surface area contributed by atoms with Crippen molar-refractivity contribution < 1.29 is 9.53 Å². The SMILES string of the molecule is O=C1CCCc2cc(OCc3cccc(Br)c3Cl)ccc21. The molecule has 4 heteroatoms. The monoisotopic (exact) mass is 364 g/mol. The highest BCUT2D eigenvalue weighted by atomic mass is 79.9. The minimum Gasteiger partial charge on any atom is -0.489 e. The van der Waals surface area contributed by atoms with Gasteiger partial charge >= 0.3 is 0 Å². The van der Waals surface area contributed by atoms with Crippen molar-refractivity contribution in [3.8, 4) is 5.75 Å². The van der Waals surface area contributed by atoms with Gasteiger partial charge in [-0.25, -0.2) is 0 Å². The van der Waals surface area contributed by atoms with Crippen molar-refractivity contribution in [1.29, 1.82) is 0 Å². The molecule has 21 heavy (non-hydrogen) atoms. The number of halogens is 2. The standard InChI is InChI=1S/C17H14BrClO2/c18-15-5-1-4-12(17(15)19)10-21-13-7-8-14-11(9-13)3-2-6-16(14)20/h1,4-5,7-9H,2-3,6,10H2. The van der Waals surface area contributed by atoms with E-state index in [2.05, 4.69) is 15.9 Å². The number of ether oxygens (including phenoxy) is 1. The van der Waals surface area contributed by atoms with E-state index >= 15 is 0 Å². The average molecular weight is 366 g/mol. The van der Waals surface area contributed by atoms with Crippen LogP contribution < -0.4 is 4.74 Å². The maximum Gasteiger partial charge on any atom is 0.163 e. The number of Topliss-reactive ketones (excluding diaryl/α,β-unsaturated/α-hetero) is 1. The fourth-order valence-electron chi connectivity index (χ4n) is 2.53. The van der Waals surface area contributed by atoms with Crippen LogP contribution in [0.4, 0.5) is 0 Å². The van der Waals surface area contributed by atoms with Crippen LogP contribution in [0.15, 0.2) is 40.9 Å². The largest absolute Gasteiger partial charge is 0.489 e. The molecule has 0 N–H and O–H groups in total. The summed E-state index contributed by atoms with van der Waals surface area (Å²) in [7, 11) is 0. The van der Waals surface area contributed by atoms with Crippen molar-refractivity contribution >= 4 is 33.3 Å². The molecule has 0 unspecified atom stereocenters. The Kier molecular flexibility index (Phi) is 4.32. The smallest absolute Gasteiger partial charge is 0.163 e. The molecule has 0 heterocycles. The first-order valence-electron chi connectivity index (χ1n) is 6.87. The van der Waals surface area contributed by atoms with Gasteiger partial charge in [-0.15, -0.1) is 0 Å². The molecule has 0 spiro atoms. The van der Waals surface area contributed by atoms with Crippen LogP contribution in [0.5, 0.6) is 5.75 Å². The van der Waals surface area contributed by atoms with Gasteiger partial charge < -0.3 is 4.74 Å². The van der Waals surface area contributed by atoms with E-state index in [0.29, 0.717) is 18.1 Å². The predicted molar refractivity (Wildman–Crippen MR) is 87.2 cm³/mol. The molecule has 1 aliphatic rings. The van der Waals surface area contributed by atoms with E-state index in [1.165, 1.54) is 0 Å². The molecule has 108 valence electrons. The number of benzene rings is 2. The van der Waals surface area contributed by atoms with Gasteiger partial charge in [-0.2, -0.15) is 0 Å². The lowest BCUT2D eigenvalue weighted by Crippen LogP contribution is -2.10. The van der Waals surface area contributed by atoms with Crippen LogP contribution in [-0.2, 0) is 13.0 Å². The van der Waals surface area contributed by atoms with Crippen LogP contribution in [0.2, 0.25) is 5.02 Å². The zero-order valence-corrected chi connectivity index (χ0v) is 13.7. The van der Waals surface area contributed by atoms with E-state index < -0.39 is 0 Å². The van der Waals surface area contributed by atoms with Crippen LogP contribution in [0, 0.1) is 0 Å². The first-order valence-corrected chi connectivity index (χ1v) is 8.04. The van der Waals surface area contributed by atoms with Crippen molar-refractivity contribution in [2.45, 2.75) is 25.9 Å². The van der Waals surface area contributed by atoms with Crippen molar-refractivity contribution in [2.75, 3.05) is 0 Å². The first kappa shape index (κ1) is 14.6. The topological polar surface area (TPSA) is 26.3 Å². The summed E-state index contributed by atoms with van der Waals surface area (Å²) < 4.78 is 6.67. The molecule has 0 atom stereocenters. The zero-order chi connectivity index (χ0) is 14.8. The lowest BCUT2D eigenvalue weighted by atomic mass is 9.90. The molecule has 1 aliphatic carbocycles. The molecule has 0 amide bonds. The van der Waals surface area contributed by atoms with Gasteiger partial charge in [-0.05, 0) is 58.6 Å². The quantitative estimate of drug-likeness (QED) is 0.747. The second-order valence-corrected chi connectivity index (χ2v) is 6.33. The number of carbonyl (C=O) groups is 1. The fraction of sp³-hybridized carbons (Fsp3) is 0.235. The second-order valence-electron chi connectivity index (χ2n) is 5.10. The minimum atomic E-state index is 0.234. The van der Waals surface area contributed by atoms with E-state index in [1.807, 2.05) is 36.4 Å². The highest BCUT2D eigenvalue weighted by Crippen LogP contribution is 2.29. The van der Waals surface area contributed by atoms with Gasteiger partial charge in [-0.1, -0.05) is 23.7 Å². The molecular weight excluding hydrogens is 352 g/mol. The number of carbonyl (C=O) groups excluding carboxylic acids is 1. The van der Waals surface area contributed by atoms with Crippen molar-refractivity contribution in [3.63, 3.8) is 0 Å². The van der Waals surface area contributed by atoms with Crippen LogP contribution in [0.1, 0.15) is 34.3 Å². The molecule has 2 aromatic carbocycles. The zero-order valence-electron chi connectivity index (χ0n) is 11.4. The average Bonchev–Trinajstić information content (AvgIpc) is 2.49. The summed E-state index contributed by atoms with van der Waals surface area (Å²) in [5, 5.41) is 0.672. The predicted octanol–water partition coefficient (Wildman–Crippen LogP) is 5.20. The van der Waals surface area contributed by atoms with Crippen molar-refractivity contribution in [2.24, 2.45) is 0 Å². The molecule has 0 radical (unpaired) electrons. The van der Waals surface area contributed by atoms with Gasteiger partial charge in [0.25, 0.3) is 0 Å². The Bertz CT molecular complexity index is 697. The Labute approximate surface area is 137 Å². The Hall–Kier alpha value is -1.32. The normalized spacial score (nSPS) is 13.9. The second kappa shape index (κ2) is 6.20. The number of hydrogen-bond acceptors (Lipinski definition) is 2. The van der Waals surface area contributed by atoms with Crippen molar-refractivity contribution in [3.05, 3.63) is 62.6 Å². The summed E-state index contributed by atoms with van der Waals surface area (Å²) in [5.41, 5.74) is 2.86. The molecular formula is C17H14BrClO2. The lowest BCUT2D eigenvalue weighted by molar-refractivity contribution is 0.0972. The minimum absolute atomic E-state index is 0.234. The van der Waals surface area contributed by atoms with E-state index in [4.69, 9.17) is 16.3 Å². The Morgan fingerprint density at radius 3 is 2.90 bits per heavy atom. The maximum absolute atomic E-state index is 11.8. The summed E-state index contributed by atoms with van der Waals surface area (Å²) in [6.07, 6.45) is 2.52. The maximum atomic E-state index is 11.8. The van der Waals surface area contributed by atoms with E-state index in [9.17, 15) is 4.79 Å². The molecule has 0 bridgehead atoms. The fourth-order valence-corrected chi connectivity index (χ4v) is 3.12. The summed E-state index contributed by atoms with van der Waals surface area (Å²) in [5.74, 6) is 1.01. The highest BCUT2D eigenvalue weighted by Gasteiger charge is 2.17. The van der Waals surface area contributed by atoms with Crippen LogP contribution >= 0.6 is 27.5 Å². The third kappa shape index (κ3) is 3.14. The lowest BCUT2D eigenvalue weighted by Gasteiger charge is -2.16. The van der Waals surface area contributed by atoms with Crippen LogP contribution in [0.3, 0.4) is 0 Å². The van der Waals surface area contributed by atoms with Crippen LogP contribution in [-0.4, -0.2) is 5.78 Å².